The molecule has 0 aromatic carbocycles. The average Bonchev–Trinajstić information content (AvgIpc) is 1.72. The number of aliphatic carboxylic acids is 2. The molecule has 13 N–H and O–H groups in total. The van der Waals surface area contributed by atoms with Crippen LogP contribution in [0.3, 0.4) is 0 Å². The molecule has 0 radical (unpaired) electrons. The van der Waals surface area contributed by atoms with Crippen LogP contribution >= 0.6 is 0 Å². The van der Waals surface area contributed by atoms with Crippen LogP contribution in [0.4, 0.5) is 0 Å². The van der Waals surface area contributed by atoms with Crippen LogP contribution in [-0.4, -0.2) is 109 Å². The largest absolute Gasteiger partial charge is 2.00 e. The molecule has 0 bridgehead atoms. The fraction of sp³-hybridized carbons (Fsp3) is 0.920. The maximum Gasteiger partial charge on any atom is 2.00 e. The van der Waals surface area contributed by atoms with E-state index in [4.69, 9.17) is 42.6 Å². The van der Waals surface area contributed by atoms with Gasteiger partial charge in [0.1, 0.15) is 0 Å². The van der Waals surface area contributed by atoms with Crippen molar-refractivity contribution < 1.29 is 82.4 Å². The fourth-order valence-corrected chi connectivity index (χ4v) is 20.9. The summed E-state index contributed by atoms with van der Waals surface area (Å²) >= 11 is 0. The molecule has 0 heterocycles. The third-order valence-corrected chi connectivity index (χ3v) is 25.9. The minimum Gasteiger partial charge on any atom is -0.676 e. The Labute approximate surface area is 585 Å². The average molecular weight is 1640 g/mol. The third kappa shape index (κ3) is 22.7. The Morgan fingerprint density at radius 2 is 0.912 bits per heavy atom. The van der Waals surface area contributed by atoms with Gasteiger partial charge in [0, 0.05) is 13.1 Å². The molecule has 0 amide bonds. The van der Waals surface area contributed by atoms with Crippen molar-refractivity contribution in [3.8, 4) is 0 Å². The van der Waals surface area contributed by atoms with Crippen LogP contribution in [-0.2, 0) is 61.2 Å². The number of nitrogens with two attached hydrogens (primary N) is 1. The second-order valence-electron chi connectivity index (χ2n) is 32.2. The standard InChI is InChI=1S/2C31H53NO3.C6H13N2.C6H12N2.CH4.2H2O.2Pt/c2*1-21(2)7-6-8-22(3)26-11-12-27-25-10-9-23-19-24(35-18-17-32-20-29(33)34)13-15-30(23,4)28(25)14-16-31(26,27)5;2*7-5-3-1-2-4-6(5)8;;;;;/h2*9,21-22,24-28,32H,6-8,10-20H2,1-5H3,(H,33,34);5-7H,1-4,8H2;5-8H,1-4H2;1H4;2*1H2;;/q;;-1;-2;;;;2*+2/t2*22-,24+,25?,26-,27?,28?,30+,31-;2*5-,6-;;;;;/m1111...../s1. The van der Waals surface area contributed by atoms with E-state index in [9.17, 15) is 9.59 Å². The first-order chi connectivity index (χ1) is 40.9. The molecule has 10 aliphatic rings. The van der Waals surface area contributed by atoms with E-state index in [1.165, 1.54) is 141 Å². The Hall–Kier alpha value is -0.603. The fourth-order valence-electron chi connectivity index (χ4n) is 20.9. The molecule has 10 aliphatic carbocycles. The van der Waals surface area contributed by atoms with Gasteiger partial charge in [-0.15, -0.1) is 6.04 Å². The molecular formula is C75H139N6O8Pt2+. The monoisotopic (exact) mass is 1640 g/mol. The zero-order valence-corrected chi connectivity index (χ0v) is 62.8. The summed E-state index contributed by atoms with van der Waals surface area (Å²) in [4.78, 5) is 21.3. The zero-order valence-electron chi connectivity index (χ0n) is 58.2. The van der Waals surface area contributed by atoms with Crippen LogP contribution in [0.25, 0.3) is 17.2 Å². The van der Waals surface area contributed by atoms with Gasteiger partial charge in [0.05, 0.1) is 38.5 Å². The van der Waals surface area contributed by atoms with Crippen LogP contribution in [0.1, 0.15) is 269 Å². The van der Waals surface area contributed by atoms with Gasteiger partial charge in [-0.05, 0) is 208 Å². The van der Waals surface area contributed by atoms with Crippen molar-refractivity contribution in [1.29, 1.82) is 0 Å². The number of carboxylic acid groups (broad SMARTS) is 2. The first kappa shape index (κ1) is 86.5. The first-order valence-corrected chi connectivity index (χ1v) is 36.3. The summed E-state index contributed by atoms with van der Waals surface area (Å²) in [5.41, 5.74) is 32.7. The van der Waals surface area contributed by atoms with Crippen molar-refractivity contribution in [2.75, 3.05) is 39.4 Å². The minimum absolute atomic E-state index is 0. The summed E-state index contributed by atoms with van der Waals surface area (Å²) in [6.07, 6.45) is 44.2. The van der Waals surface area contributed by atoms with Gasteiger partial charge >= 0.3 is 54.1 Å². The maximum atomic E-state index is 10.7. The summed E-state index contributed by atoms with van der Waals surface area (Å²) in [6, 6.07) is 0.0417. The van der Waals surface area contributed by atoms with Crippen molar-refractivity contribution in [1.82, 2.24) is 10.6 Å². The molecule has 14 nitrogen and oxygen atoms in total. The van der Waals surface area contributed by atoms with Crippen molar-refractivity contribution in [3.63, 3.8) is 0 Å². The Balaban J connectivity index is 0.000000475. The van der Waals surface area contributed by atoms with Crippen molar-refractivity contribution in [2.45, 2.75) is 306 Å². The topological polar surface area (TPSA) is 278 Å². The predicted octanol–water partition coefficient (Wildman–Crippen LogP) is 16.9. The van der Waals surface area contributed by atoms with E-state index in [2.05, 4.69) is 92.0 Å². The van der Waals surface area contributed by atoms with Crippen LogP contribution in [0, 0.1) is 92.7 Å². The molecule has 16 heteroatoms. The second-order valence-corrected chi connectivity index (χ2v) is 32.2. The Kier molecular flexibility index (Phi) is 38.5. The predicted molar refractivity (Wildman–Crippen MR) is 370 cm³/mol. The van der Waals surface area contributed by atoms with Crippen LogP contribution in [0.2, 0.25) is 0 Å². The summed E-state index contributed by atoms with van der Waals surface area (Å²) in [6.45, 7) is 27.6. The Bertz CT molecular complexity index is 1990. The number of ether oxygens (including phenoxy) is 2. The number of nitrogens with one attached hydrogen (secondary N) is 5. The molecule has 0 aromatic rings. The number of carboxylic acids is 2. The van der Waals surface area contributed by atoms with Gasteiger partial charge in [-0.25, -0.2) is 0 Å². The van der Waals surface area contributed by atoms with E-state index in [1.807, 2.05) is 0 Å². The molecule has 20 atom stereocenters. The van der Waals surface area contributed by atoms with Crippen LogP contribution in [0.15, 0.2) is 23.3 Å². The normalized spacial score (nSPS) is 37.4. The van der Waals surface area contributed by atoms with Gasteiger partial charge in [-0.3, -0.25) is 9.59 Å². The molecule has 0 aromatic heterocycles. The molecule has 6 unspecified atom stereocenters. The molecule has 8 fully saturated rings. The zero-order chi connectivity index (χ0) is 62.4. The Morgan fingerprint density at radius 3 is 1.24 bits per heavy atom. The van der Waals surface area contributed by atoms with Gasteiger partial charge < -0.3 is 64.2 Å². The van der Waals surface area contributed by atoms with Gasteiger partial charge in [0.25, 0.3) is 0 Å². The third-order valence-electron chi connectivity index (χ3n) is 25.9. The molecule has 0 spiro atoms. The number of fused-ring (bicyclic) bond motifs is 10. The van der Waals surface area contributed by atoms with Gasteiger partial charge in [0.15, 0.2) is 0 Å². The summed E-state index contributed by atoms with van der Waals surface area (Å²) in [7, 11) is 0. The van der Waals surface area contributed by atoms with E-state index < -0.39 is 11.9 Å². The van der Waals surface area contributed by atoms with Crippen molar-refractivity contribution in [3.05, 3.63) is 40.5 Å². The van der Waals surface area contributed by atoms with E-state index in [0.717, 1.165) is 122 Å². The molecule has 0 aliphatic heterocycles. The number of hydrogen-bond donors (Lipinski definition) is 5. The van der Waals surface area contributed by atoms with E-state index in [0.29, 0.717) is 60.2 Å². The molecular weight excluding hydrogens is 1500 g/mol. The van der Waals surface area contributed by atoms with E-state index in [1.54, 1.807) is 11.1 Å². The van der Waals surface area contributed by atoms with Crippen LogP contribution in [0.5, 0.6) is 0 Å². The number of hydrogen-bond acceptors (Lipinski definition) is 7. The van der Waals surface area contributed by atoms with Crippen molar-refractivity contribution in [2.24, 2.45) is 98.4 Å². The molecule has 8 saturated carbocycles. The number of rotatable bonds is 22. The molecule has 91 heavy (non-hydrogen) atoms. The summed E-state index contributed by atoms with van der Waals surface area (Å²) < 4.78 is 12.3. The molecule has 0 saturated heterocycles. The summed E-state index contributed by atoms with van der Waals surface area (Å²) in [5, 5.41) is 23.4. The second kappa shape index (κ2) is 40.5. The van der Waals surface area contributed by atoms with E-state index in [-0.39, 0.29) is 97.8 Å². The van der Waals surface area contributed by atoms with E-state index >= 15 is 0 Å². The Morgan fingerprint density at radius 1 is 0.538 bits per heavy atom. The number of carbonyl (C=O) groups is 2. The van der Waals surface area contributed by atoms with Crippen molar-refractivity contribution >= 4 is 11.9 Å². The molecule has 10 rings (SSSR count). The van der Waals surface area contributed by atoms with Gasteiger partial charge in [-0.2, -0.15) is 12.1 Å². The maximum absolute atomic E-state index is 10.7. The SMILES string of the molecule is C.CC(C)CCC[C@@H](C)[C@H]1CCC2C3CC=C4C[C@@H](OCCNCC(=O)O)CC[C@]4(C)C3CC[C@@]21C.CC(C)CCC[C@@H](C)[C@H]1CCC2C3CC=C4C[C@@H](OCCNCC(=O)O)CC[C@]4(C)C3CC[C@@]21C.O.O.[NH-][C@@H]1CCCC[C@H]1N.[NH-][C@@H]1CCCC[C@H]1[NH-].[Pt+2].[Pt+2]. The smallest absolute Gasteiger partial charge is 0.676 e. The number of allylic oxidation sites excluding steroid dienone is 2. The van der Waals surface area contributed by atoms with Gasteiger partial charge in [-0.1, -0.05) is 183 Å². The first-order valence-electron chi connectivity index (χ1n) is 36.3. The quantitative estimate of drug-likeness (QED) is 0.0508. The van der Waals surface area contributed by atoms with Gasteiger partial charge in [0.2, 0.25) is 0 Å². The minimum atomic E-state index is -0.807. The summed E-state index contributed by atoms with van der Waals surface area (Å²) in [5.74, 6) is 8.98. The van der Waals surface area contributed by atoms with Crippen LogP contribution < -0.4 is 16.4 Å². The molecule has 536 valence electrons.